The summed E-state index contributed by atoms with van der Waals surface area (Å²) in [5, 5.41) is 2.65. The van der Waals surface area contributed by atoms with Crippen molar-refractivity contribution in [3.05, 3.63) is 52.4 Å². The number of carbonyl (C=O) groups is 2. The van der Waals surface area contributed by atoms with Gasteiger partial charge in [0.1, 0.15) is 0 Å². The first-order chi connectivity index (χ1) is 9.10. The van der Waals surface area contributed by atoms with Crippen LogP contribution in [-0.4, -0.2) is 19.0 Å². The number of ether oxygens (including phenoxy) is 1. The number of esters is 1. The van der Waals surface area contributed by atoms with Gasteiger partial charge in [0.2, 0.25) is 0 Å². The number of anilines is 1. The smallest absolute Gasteiger partial charge is 0.337 e. The first kappa shape index (κ1) is 13.4. The minimum atomic E-state index is -0.423. The number of hydrogen-bond donors (Lipinski definition) is 1. The molecule has 0 aliphatic heterocycles. The Hall–Kier alpha value is -2.08. The van der Waals surface area contributed by atoms with Crippen LogP contribution in [0.4, 0.5) is 5.69 Å². The lowest BCUT2D eigenvalue weighted by atomic mass is 10.2. The molecule has 6 heteroatoms. The predicted octanol–water partition coefficient (Wildman–Crippen LogP) is 3.08. The summed E-state index contributed by atoms with van der Waals surface area (Å²) in [7, 11) is 1.31. The highest BCUT2D eigenvalue weighted by atomic mass is 79.9. The van der Waals surface area contributed by atoms with Gasteiger partial charge in [0.25, 0.3) is 5.91 Å². The Morgan fingerprint density at radius 1 is 1.16 bits per heavy atom. The second kappa shape index (κ2) is 5.71. The van der Waals surface area contributed by atoms with Crippen molar-refractivity contribution in [3.8, 4) is 0 Å². The summed E-state index contributed by atoms with van der Waals surface area (Å²) < 4.78 is 10.2. The lowest BCUT2D eigenvalue weighted by Crippen LogP contribution is -2.11. The maximum Gasteiger partial charge on any atom is 0.337 e. The van der Waals surface area contributed by atoms with Crippen molar-refractivity contribution in [1.82, 2.24) is 0 Å². The Kier molecular flexibility index (Phi) is 4.01. The fraction of sp³-hybridized carbons (Fsp3) is 0.0769. The van der Waals surface area contributed by atoms with Gasteiger partial charge in [0.05, 0.1) is 12.7 Å². The van der Waals surface area contributed by atoms with Crippen molar-refractivity contribution >= 4 is 33.5 Å². The van der Waals surface area contributed by atoms with Crippen molar-refractivity contribution in [2.45, 2.75) is 0 Å². The largest absolute Gasteiger partial charge is 0.465 e. The summed E-state index contributed by atoms with van der Waals surface area (Å²) in [5.74, 6) is -0.590. The second-order valence-electron chi connectivity index (χ2n) is 3.63. The van der Waals surface area contributed by atoms with Gasteiger partial charge >= 0.3 is 5.97 Å². The zero-order valence-corrected chi connectivity index (χ0v) is 11.6. The Labute approximate surface area is 117 Å². The van der Waals surface area contributed by atoms with E-state index < -0.39 is 5.97 Å². The average Bonchev–Trinajstić information content (AvgIpc) is 2.85. The molecule has 0 bridgehead atoms. The van der Waals surface area contributed by atoms with E-state index in [-0.39, 0.29) is 11.7 Å². The van der Waals surface area contributed by atoms with Gasteiger partial charge < -0.3 is 14.5 Å². The van der Waals surface area contributed by atoms with E-state index in [9.17, 15) is 9.59 Å². The third-order valence-electron chi connectivity index (χ3n) is 2.36. The van der Waals surface area contributed by atoms with Crippen LogP contribution in [0.2, 0.25) is 0 Å². The molecule has 0 aliphatic rings. The maximum absolute atomic E-state index is 11.8. The molecule has 1 amide bonds. The van der Waals surface area contributed by atoms with Gasteiger partial charge in [-0.05, 0) is 52.3 Å². The normalized spacial score (nSPS) is 10.0. The summed E-state index contributed by atoms with van der Waals surface area (Å²) in [4.78, 5) is 23.0. The van der Waals surface area contributed by atoms with Crippen LogP contribution in [0.25, 0.3) is 0 Å². The van der Waals surface area contributed by atoms with Crippen LogP contribution in [0.1, 0.15) is 20.9 Å². The van der Waals surface area contributed by atoms with Gasteiger partial charge in [-0.25, -0.2) is 4.79 Å². The number of hydrogen-bond acceptors (Lipinski definition) is 4. The van der Waals surface area contributed by atoms with Crippen LogP contribution in [0.5, 0.6) is 0 Å². The molecule has 1 aromatic carbocycles. The van der Waals surface area contributed by atoms with Crippen molar-refractivity contribution in [2.24, 2.45) is 0 Å². The number of rotatable bonds is 3. The van der Waals surface area contributed by atoms with E-state index in [1.807, 2.05) is 0 Å². The molecule has 98 valence electrons. The van der Waals surface area contributed by atoms with Gasteiger partial charge in [-0.2, -0.15) is 0 Å². The average molecular weight is 324 g/mol. The number of methoxy groups -OCH3 is 1. The third-order valence-corrected chi connectivity index (χ3v) is 2.79. The molecule has 0 saturated carbocycles. The molecule has 0 fully saturated rings. The van der Waals surface area contributed by atoms with Crippen LogP contribution in [0, 0.1) is 0 Å². The zero-order valence-electron chi connectivity index (χ0n) is 9.98. The molecule has 0 unspecified atom stereocenters. The van der Waals surface area contributed by atoms with E-state index in [2.05, 4.69) is 26.0 Å². The summed E-state index contributed by atoms with van der Waals surface area (Å²) in [6, 6.07) is 9.56. The second-order valence-corrected chi connectivity index (χ2v) is 4.41. The highest BCUT2D eigenvalue weighted by Crippen LogP contribution is 2.16. The zero-order chi connectivity index (χ0) is 13.8. The summed E-state index contributed by atoms with van der Waals surface area (Å²) in [6.45, 7) is 0. The molecule has 1 N–H and O–H groups in total. The SMILES string of the molecule is COC(=O)c1ccc(NC(=O)c2ccc(Br)o2)cc1. The number of halogens is 1. The van der Waals surface area contributed by atoms with E-state index in [0.29, 0.717) is 15.9 Å². The number of amides is 1. The minimum absolute atomic E-state index is 0.198. The molecular formula is C13H10BrNO4. The molecule has 5 nitrogen and oxygen atoms in total. The van der Waals surface area contributed by atoms with Crippen LogP contribution in [0.3, 0.4) is 0 Å². The Bertz CT molecular complexity index is 603. The molecule has 0 saturated heterocycles. The van der Waals surface area contributed by atoms with E-state index in [0.717, 1.165) is 0 Å². The summed E-state index contributed by atoms with van der Waals surface area (Å²) in [5.41, 5.74) is 0.978. The molecule has 2 aromatic rings. The van der Waals surface area contributed by atoms with Crippen LogP contribution in [-0.2, 0) is 4.74 Å². The first-order valence-electron chi connectivity index (χ1n) is 5.35. The minimum Gasteiger partial charge on any atom is -0.465 e. The molecule has 0 atom stereocenters. The van der Waals surface area contributed by atoms with Gasteiger partial charge in [0, 0.05) is 5.69 Å². The molecule has 0 radical (unpaired) electrons. The van der Waals surface area contributed by atoms with Gasteiger partial charge in [-0.3, -0.25) is 4.79 Å². The van der Waals surface area contributed by atoms with Gasteiger partial charge in [-0.15, -0.1) is 0 Å². The molecule has 2 rings (SSSR count). The van der Waals surface area contributed by atoms with Crippen LogP contribution < -0.4 is 5.32 Å². The molecule has 0 spiro atoms. The lowest BCUT2D eigenvalue weighted by Gasteiger charge is -2.04. The Morgan fingerprint density at radius 3 is 2.37 bits per heavy atom. The Balaban J connectivity index is 2.07. The van der Waals surface area contributed by atoms with Crippen LogP contribution >= 0.6 is 15.9 Å². The van der Waals surface area contributed by atoms with Crippen molar-refractivity contribution in [1.29, 1.82) is 0 Å². The summed E-state index contributed by atoms with van der Waals surface area (Å²) >= 11 is 3.12. The molecular weight excluding hydrogens is 314 g/mol. The number of furan rings is 1. The van der Waals surface area contributed by atoms with Crippen molar-refractivity contribution < 1.29 is 18.7 Å². The fourth-order valence-electron chi connectivity index (χ4n) is 1.44. The molecule has 1 aromatic heterocycles. The van der Waals surface area contributed by atoms with Crippen molar-refractivity contribution in [3.63, 3.8) is 0 Å². The molecule has 0 aliphatic carbocycles. The third kappa shape index (κ3) is 3.23. The number of benzene rings is 1. The standard InChI is InChI=1S/C13H10BrNO4/c1-18-13(17)8-2-4-9(5-3-8)15-12(16)10-6-7-11(14)19-10/h2-7H,1H3,(H,15,16). The fourth-order valence-corrected chi connectivity index (χ4v) is 1.74. The Morgan fingerprint density at radius 2 is 1.84 bits per heavy atom. The lowest BCUT2D eigenvalue weighted by molar-refractivity contribution is 0.0600. The topological polar surface area (TPSA) is 68.5 Å². The monoisotopic (exact) mass is 323 g/mol. The highest BCUT2D eigenvalue weighted by molar-refractivity contribution is 9.10. The van der Waals surface area contributed by atoms with E-state index in [1.165, 1.54) is 7.11 Å². The van der Waals surface area contributed by atoms with Gasteiger partial charge in [-0.1, -0.05) is 0 Å². The number of nitrogens with one attached hydrogen (secondary N) is 1. The van der Waals surface area contributed by atoms with Crippen LogP contribution in [0.15, 0.2) is 45.5 Å². The van der Waals surface area contributed by atoms with E-state index >= 15 is 0 Å². The molecule has 1 heterocycles. The first-order valence-corrected chi connectivity index (χ1v) is 6.14. The quantitative estimate of drug-likeness (QED) is 0.881. The summed E-state index contributed by atoms with van der Waals surface area (Å²) in [6.07, 6.45) is 0. The highest BCUT2D eigenvalue weighted by Gasteiger charge is 2.11. The molecule has 19 heavy (non-hydrogen) atoms. The maximum atomic E-state index is 11.8. The van der Waals surface area contributed by atoms with E-state index in [4.69, 9.17) is 4.42 Å². The van der Waals surface area contributed by atoms with Gasteiger partial charge in [0.15, 0.2) is 10.4 Å². The number of carbonyl (C=O) groups excluding carboxylic acids is 2. The van der Waals surface area contributed by atoms with Crippen molar-refractivity contribution in [2.75, 3.05) is 12.4 Å². The predicted molar refractivity (Wildman–Crippen MR) is 72.1 cm³/mol. The van der Waals surface area contributed by atoms with E-state index in [1.54, 1.807) is 36.4 Å².